The lowest BCUT2D eigenvalue weighted by Gasteiger charge is -1.92. The minimum absolute atomic E-state index is 0.255. The third-order valence-corrected chi connectivity index (χ3v) is 2.76. The molecule has 1 atom stereocenters. The fraction of sp³-hybridized carbons (Fsp3) is 0.333. The summed E-state index contributed by atoms with van der Waals surface area (Å²) in [5.41, 5.74) is 2.08. The second kappa shape index (κ2) is 3.51. The molecule has 0 fully saturated rings. The molecule has 14 heavy (non-hydrogen) atoms. The van der Waals surface area contributed by atoms with Gasteiger partial charge in [0.25, 0.3) is 5.89 Å². The third kappa shape index (κ3) is 1.56. The highest BCUT2D eigenvalue weighted by molar-refractivity contribution is 7.08. The maximum absolute atomic E-state index is 9.21. The van der Waals surface area contributed by atoms with Crippen molar-refractivity contribution in [2.24, 2.45) is 0 Å². The van der Waals surface area contributed by atoms with Crippen molar-refractivity contribution in [3.8, 4) is 11.4 Å². The van der Waals surface area contributed by atoms with E-state index in [1.165, 1.54) is 0 Å². The van der Waals surface area contributed by atoms with E-state index in [0.717, 1.165) is 11.1 Å². The molecule has 2 rings (SSSR count). The number of aliphatic hydroxyl groups is 1. The number of hydrogen-bond acceptors (Lipinski definition) is 5. The van der Waals surface area contributed by atoms with Gasteiger partial charge < -0.3 is 9.63 Å². The van der Waals surface area contributed by atoms with Crippen molar-refractivity contribution in [2.45, 2.75) is 20.0 Å². The number of aliphatic hydroxyl groups excluding tert-OH is 1. The minimum atomic E-state index is -0.713. The Balaban J connectivity index is 2.39. The Morgan fingerprint density at radius 3 is 2.79 bits per heavy atom. The van der Waals surface area contributed by atoms with Gasteiger partial charge in [-0.15, -0.1) is 0 Å². The van der Waals surface area contributed by atoms with Crippen molar-refractivity contribution >= 4 is 11.3 Å². The largest absolute Gasteiger partial charge is 0.384 e. The highest BCUT2D eigenvalue weighted by Crippen LogP contribution is 2.25. The zero-order chi connectivity index (χ0) is 10.1. The van der Waals surface area contributed by atoms with Gasteiger partial charge in [0.15, 0.2) is 0 Å². The lowest BCUT2D eigenvalue weighted by molar-refractivity contribution is 0.152. The summed E-state index contributed by atoms with van der Waals surface area (Å²) in [7, 11) is 0. The second-order valence-corrected chi connectivity index (χ2v) is 3.84. The van der Waals surface area contributed by atoms with E-state index >= 15 is 0 Å². The number of rotatable bonds is 2. The maximum atomic E-state index is 9.21. The molecule has 2 aromatic heterocycles. The lowest BCUT2D eigenvalue weighted by Crippen LogP contribution is -1.90. The predicted octanol–water partition coefficient (Wildman–Crippen LogP) is 2.16. The van der Waals surface area contributed by atoms with E-state index in [1.807, 2.05) is 17.7 Å². The number of thiophene rings is 1. The molecule has 0 saturated heterocycles. The number of nitrogens with zero attached hydrogens (tertiary/aromatic N) is 2. The van der Waals surface area contributed by atoms with Crippen LogP contribution in [-0.4, -0.2) is 15.2 Å². The van der Waals surface area contributed by atoms with E-state index in [9.17, 15) is 5.11 Å². The fourth-order valence-electron chi connectivity index (χ4n) is 1.10. The van der Waals surface area contributed by atoms with E-state index < -0.39 is 6.10 Å². The fourth-order valence-corrected chi connectivity index (χ4v) is 1.93. The third-order valence-electron chi connectivity index (χ3n) is 1.90. The summed E-state index contributed by atoms with van der Waals surface area (Å²) in [6.45, 7) is 3.59. The first-order valence-electron chi connectivity index (χ1n) is 4.23. The number of aromatic nitrogens is 2. The van der Waals surface area contributed by atoms with Gasteiger partial charge in [-0.2, -0.15) is 16.3 Å². The predicted molar refractivity (Wildman–Crippen MR) is 53.0 cm³/mol. The monoisotopic (exact) mass is 210 g/mol. The van der Waals surface area contributed by atoms with Crippen LogP contribution in [0.1, 0.15) is 24.5 Å². The molecule has 1 N–H and O–H groups in total. The molecule has 2 heterocycles. The molecule has 0 bridgehead atoms. The van der Waals surface area contributed by atoms with Crippen LogP contribution in [0.3, 0.4) is 0 Å². The van der Waals surface area contributed by atoms with Gasteiger partial charge in [0.05, 0.1) is 0 Å². The first kappa shape index (κ1) is 9.36. The van der Waals surface area contributed by atoms with Crippen molar-refractivity contribution in [3.63, 3.8) is 0 Å². The van der Waals surface area contributed by atoms with E-state index in [1.54, 1.807) is 18.3 Å². The molecule has 4 nitrogen and oxygen atoms in total. The van der Waals surface area contributed by atoms with Gasteiger partial charge in [0, 0.05) is 10.9 Å². The van der Waals surface area contributed by atoms with E-state index in [2.05, 4.69) is 10.1 Å². The van der Waals surface area contributed by atoms with Gasteiger partial charge >= 0.3 is 0 Å². The number of hydrogen-bond donors (Lipinski definition) is 1. The molecule has 2 aromatic rings. The molecular weight excluding hydrogens is 200 g/mol. The molecule has 0 aromatic carbocycles. The normalized spacial score (nSPS) is 13.1. The Hall–Kier alpha value is -1.20. The molecule has 0 aliphatic heterocycles. The van der Waals surface area contributed by atoms with Gasteiger partial charge in [-0.1, -0.05) is 5.16 Å². The van der Waals surface area contributed by atoms with Crippen LogP contribution in [0.5, 0.6) is 0 Å². The molecule has 0 unspecified atom stereocenters. The van der Waals surface area contributed by atoms with Crippen LogP contribution in [-0.2, 0) is 0 Å². The summed E-state index contributed by atoms with van der Waals surface area (Å²) >= 11 is 1.59. The molecule has 74 valence electrons. The SMILES string of the molecule is Cc1cscc1-c1noc([C@H](C)O)n1. The highest BCUT2D eigenvalue weighted by Gasteiger charge is 2.14. The molecular formula is C9H10N2O2S. The molecule has 5 heteroatoms. The summed E-state index contributed by atoms with van der Waals surface area (Å²) < 4.78 is 4.90. The average molecular weight is 210 g/mol. The summed E-state index contributed by atoms with van der Waals surface area (Å²) in [5.74, 6) is 0.797. The van der Waals surface area contributed by atoms with Crippen molar-refractivity contribution in [1.82, 2.24) is 10.1 Å². The smallest absolute Gasteiger partial charge is 0.255 e. The van der Waals surface area contributed by atoms with Crippen LogP contribution < -0.4 is 0 Å². The average Bonchev–Trinajstić information content (AvgIpc) is 2.71. The Labute approximate surface area is 85.2 Å². The van der Waals surface area contributed by atoms with E-state index in [-0.39, 0.29) is 5.89 Å². The van der Waals surface area contributed by atoms with Crippen molar-refractivity contribution < 1.29 is 9.63 Å². The van der Waals surface area contributed by atoms with Gasteiger partial charge in [-0.25, -0.2) is 0 Å². The zero-order valence-electron chi connectivity index (χ0n) is 7.89. The molecule has 0 spiro atoms. The number of aryl methyl sites for hydroxylation is 1. The minimum Gasteiger partial charge on any atom is -0.384 e. The van der Waals surface area contributed by atoms with Crippen molar-refractivity contribution in [3.05, 3.63) is 22.2 Å². The standard InChI is InChI=1S/C9H10N2O2S/c1-5-3-14-4-7(5)8-10-9(6(2)12)13-11-8/h3-4,6,12H,1-2H3/t6-/m0/s1. The van der Waals surface area contributed by atoms with Gasteiger partial charge in [-0.05, 0) is 24.8 Å². The molecule has 0 radical (unpaired) electrons. The molecule has 0 saturated carbocycles. The molecule has 0 amide bonds. The van der Waals surface area contributed by atoms with Gasteiger partial charge in [0.2, 0.25) is 5.82 Å². The van der Waals surface area contributed by atoms with Crippen LogP contribution >= 0.6 is 11.3 Å². The Morgan fingerprint density at radius 2 is 2.29 bits per heavy atom. The second-order valence-electron chi connectivity index (χ2n) is 3.10. The van der Waals surface area contributed by atoms with Crippen LogP contribution in [0.25, 0.3) is 11.4 Å². The molecule has 0 aliphatic rings. The quantitative estimate of drug-likeness (QED) is 0.825. The van der Waals surface area contributed by atoms with Crippen LogP contribution in [0, 0.1) is 6.92 Å². The first-order chi connectivity index (χ1) is 6.68. The Morgan fingerprint density at radius 1 is 1.50 bits per heavy atom. The van der Waals surface area contributed by atoms with Crippen LogP contribution in [0.15, 0.2) is 15.3 Å². The Kier molecular flexibility index (Phi) is 2.35. The van der Waals surface area contributed by atoms with Crippen LogP contribution in [0.4, 0.5) is 0 Å². The van der Waals surface area contributed by atoms with Crippen LogP contribution in [0.2, 0.25) is 0 Å². The lowest BCUT2D eigenvalue weighted by atomic mass is 10.2. The van der Waals surface area contributed by atoms with Gasteiger partial charge in [-0.3, -0.25) is 0 Å². The van der Waals surface area contributed by atoms with E-state index in [0.29, 0.717) is 5.82 Å². The Bertz CT molecular complexity index is 433. The summed E-state index contributed by atoms with van der Waals surface area (Å²) in [4.78, 5) is 4.09. The first-order valence-corrected chi connectivity index (χ1v) is 5.17. The zero-order valence-corrected chi connectivity index (χ0v) is 8.71. The highest BCUT2D eigenvalue weighted by atomic mass is 32.1. The van der Waals surface area contributed by atoms with Gasteiger partial charge in [0.1, 0.15) is 6.10 Å². The summed E-state index contributed by atoms with van der Waals surface area (Å²) in [6.07, 6.45) is -0.713. The summed E-state index contributed by atoms with van der Waals surface area (Å²) in [5, 5.41) is 17.0. The maximum Gasteiger partial charge on any atom is 0.255 e. The topological polar surface area (TPSA) is 59.2 Å². The van der Waals surface area contributed by atoms with E-state index in [4.69, 9.17) is 4.52 Å². The van der Waals surface area contributed by atoms with Crippen molar-refractivity contribution in [1.29, 1.82) is 0 Å². The molecule has 0 aliphatic carbocycles. The van der Waals surface area contributed by atoms with Crippen molar-refractivity contribution in [2.75, 3.05) is 0 Å². The summed E-state index contributed by atoms with van der Waals surface area (Å²) in [6, 6.07) is 0.